The Balaban J connectivity index is 1.81. The van der Waals surface area contributed by atoms with E-state index in [0.29, 0.717) is 11.0 Å². The van der Waals surface area contributed by atoms with Crippen molar-refractivity contribution in [3.05, 3.63) is 22.4 Å². The van der Waals surface area contributed by atoms with Crippen molar-refractivity contribution in [3.63, 3.8) is 0 Å². The number of hydrogen-bond donors (Lipinski definition) is 0. The smallest absolute Gasteiger partial charge is 0.315 e. The predicted octanol–water partition coefficient (Wildman–Crippen LogP) is 1.87. The van der Waals surface area contributed by atoms with Crippen molar-refractivity contribution in [1.29, 1.82) is 0 Å². The van der Waals surface area contributed by atoms with Gasteiger partial charge in [0.1, 0.15) is 0 Å². The topological polar surface area (TPSA) is 46.6 Å². The SMILES string of the molecule is COC(=O)CSC1CCN(C(=O)c2cccs2)C1. The van der Waals surface area contributed by atoms with Crippen molar-refractivity contribution in [2.75, 3.05) is 26.0 Å². The van der Waals surface area contributed by atoms with Crippen molar-refractivity contribution in [3.8, 4) is 0 Å². The Bertz CT molecular complexity index is 419. The van der Waals surface area contributed by atoms with Crippen LogP contribution in [0, 0.1) is 0 Å². The van der Waals surface area contributed by atoms with E-state index < -0.39 is 0 Å². The van der Waals surface area contributed by atoms with E-state index in [-0.39, 0.29) is 11.9 Å². The van der Waals surface area contributed by atoms with Crippen LogP contribution in [0.4, 0.5) is 0 Å². The summed E-state index contributed by atoms with van der Waals surface area (Å²) in [5.74, 6) is 0.261. The Kier molecular flexibility index (Phi) is 4.66. The number of thioether (sulfide) groups is 1. The third kappa shape index (κ3) is 3.26. The quantitative estimate of drug-likeness (QED) is 0.792. The van der Waals surface area contributed by atoms with Crippen LogP contribution in [0.3, 0.4) is 0 Å². The fourth-order valence-corrected chi connectivity index (χ4v) is 3.59. The molecule has 0 saturated carbocycles. The molecule has 6 heteroatoms. The van der Waals surface area contributed by atoms with E-state index in [1.807, 2.05) is 22.4 Å². The predicted molar refractivity (Wildman–Crippen MR) is 73.1 cm³/mol. The number of esters is 1. The molecule has 0 bridgehead atoms. The van der Waals surface area contributed by atoms with Gasteiger partial charge < -0.3 is 9.64 Å². The summed E-state index contributed by atoms with van der Waals surface area (Å²) in [6, 6.07) is 3.74. The Morgan fingerprint density at radius 3 is 3.11 bits per heavy atom. The van der Waals surface area contributed by atoms with Gasteiger partial charge in [0.2, 0.25) is 0 Å². The van der Waals surface area contributed by atoms with Crippen LogP contribution in [0.5, 0.6) is 0 Å². The first-order chi connectivity index (χ1) is 8.70. The highest BCUT2D eigenvalue weighted by Gasteiger charge is 2.28. The molecule has 1 saturated heterocycles. The maximum Gasteiger partial charge on any atom is 0.315 e. The van der Waals surface area contributed by atoms with E-state index in [1.54, 1.807) is 11.8 Å². The van der Waals surface area contributed by atoms with E-state index in [4.69, 9.17) is 0 Å². The third-order valence-electron chi connectivity index (χ3n) is 2.83. The normalized spacial score (nSPS) is 18.9. The van der Waals surface area contributed by atoms with Crippen LogP contribution in [-0.4, -0.2) is 48.0 Å². The molecule has 1 unspecified atom stereocenters. The van der Waals surface area contributed by atoms with Gasteiger partial charge in [-0.3, -0.25) is 9.59 Å². The molecule has 0 N–H and O–H groups in total. The Morgan fingerprint density at radius 2 is 2.44 bits per heavy atom. The van der Waals surface area contributed by atoms with Crippen LogP contribution in [0.1, 0.15) is 16.1 Å². The summed E-state index contributed by atoms with van der Waals surface area (Å²) in [6.07, 6.45) is 0.943. The molecule has 4 nitrogen and oxygen atoms in total. The summed E-state index contributed by atoms with van der Waals surface area (Å²) in [5.41, 5.74) is 0. The lowest BCUT2D eigenvalue weighted by Crippen LogP contribution is -2.28. The first-order valence-electron chi connectivity index (χ1n) is 5.72. The average molecular weight is 285 g/mol. The first kappa shape index (κ1) is 13.4. The van der Waals surface area contributed by atoms with Gasteiger partial charge in [-0.15, -0.1) is 23.1 Å². The largest absolute Gasteiger partial charge is 0.468 e. The minimum absolute atomic E-state index is 0.103. The van der Waals surface area contributed by atoms with Crippen LogP contribution >= 0.6 is 23.1 Å². The number of carbonyl (C=O) groups is 2. The van der Waals surface area contributed by atoms with Crippen molar-refractivity contribution in [2.24, 2.45) is 0 Å². The van der Waals surface area contributed by atoms with Crippen LogP contribution in [0.25, 0.3) is 0 Å². The number of likely N-dealkylation sites (tertiary alicyclic amines) is 1. The molecule has 1 aromatic heterocycles. The zero-order chi connectivity index (χ0) is 13.0. The molecule has 2 rings (SSSR count). The van der Waals surface area contributed by atoms with Gasteiger partial charge in [-0.1, -0.05) is 6.07 Å². The number of rotatable bonds is 4. The molecule has 18 heavy (non-hydrogen) atoms. The van der Waals surface area contributed by atoms with E-state index in [9.17, 15) is 9.59 Å². The summed E-state index contributed by atoms with van der Waals surface area (Å²) >= 11 is 3.04. The molecular weight excluding hydrogens is 270 g/mol. The number of hydrogen-bond acceptors (Lipinski definition) is 5. The van der Waals surface area contributed by atoms with Gasteiger partial charge in [-0.25, -0.2) is 0 Å². The van der Waals surface area contributed by atoms with Crippen LogP contribution in [-0.2, 0) is 9.53 Å². The lowest BCUT2D eigenvalue weighted by molar-refractivity contribution is -0.137. The van der Waals surface area contributed by atoms with Gasteiger partial charge in [-0.2, -0.15) is 0 Å². The number of methoxy groups -OCH3 is 1. The lowest BCUT2D eigenvalue weighted by Gasteiger charge is -2.15. The second-order valence-electron chi connectivity index (χ2n) is 4.03. The summed E-state index contributed by atoms with van der Waals surface area (Å²) in [5, 5.41) is 2.25. The summed E-state index contributed by atoms with van der Waals surface area (Å²) in [6.45, 7) is 1.49. The van der Waals surface area contributed by atoms with E-state index in [0.717, 1.165) is 24.4 Å². The minimum Gasteiger partial charge on any atom is -0.468 e. The fraction of sp³-hybridized carbons (Fsp3) is 0.500. The van der Waals surface area contributed by atoms with E-state index in [1.165, 1.54) is 18.4 Å². The summed E-state index contributed by atoms with van der Waals surface area (Å²) < 4.78 is 4.60. The van der Waals surface area contributed by atoms with Crippen molar-refractivity contribution in [2.45, 2.75) is 11.7 Å². The highest BCUT2D eigenvalue weighted by Crippen LogP contribution is 2.24. The molecule has 1 fully saturated rings. The first-order valence-corrected chi connectivity index (χ1v) is 7.64. The molecule has 1 aliphatic rings. The van der Waals surface area contributed by atoms with Gasteiger partial charge in [0.05, 0.1) is 17.7 Å². The number of ether oxygens (including phenoxy) is 1. The standard InChI is InChI=1S/C12H15NO3S2/c1-16-11(14)8-18-9-4-5-13(7-9)12(15)10-3-2-6-17-10/h2-3,6,9H,4-5,7-8H2,1H3. The summed E-state index contributed by atoms with van der Waals surface area (Å²) in [7, 11) is 1.39. The van der Waals surface area contributed by atoms with Gasteiger partial charge in [-0.05, 0) is 17.9 Å². The number of thiophene rings is 1. The molecule has 2 heterocycles. The van der Waals surface area contributed by atoms with Gasteiger partial charge in [0.15, 0.2) is 0 Å². The van der Waals surface area contributed by atoms with Crippen molar-refractivity contribution >= 4 is 35.0 Å². The van der Waals surface area contributed by atoms with E-state index >= 15 is 0 Å². The maximum atomic E-state index is 12.1. The Hall–Kier alpha value is -1.01. The molecule has 1 atom stereocenters. The average Bonchev–Trinajstić information content (AvgIpc) is 3.05. The molecule has 0 aliphatic carbocycles. The van der Waals surface area contributed by atoms with Crippen molar-refractivity contribution in [1.82, 2.24) is 4.90 Å². The monoisotopic (exact) mass is 285 g/mol. The number of nitrogens with zero attached hydrogens (tertiary/aromatic N) is 1. The zero-order valence-electron chi connectivity index (χ0n) is 10.1. The molecular formula is C12H15NO3S2. The Labute approximate surface area is 114 Å². The molecule has 98 valence electrons. The molecule has 1 aliphatic heterocycles. The lowest BCUT2D eigenvalue weighted by atomic mass is 10.4. The summed E-state index contributed by atoms with van der Waals surface area (Å²) in [4.78, 5) is 25.8. The van der Waals surface area contributed by atoms with Crippen LogP contribution in [0.2, 0.25) is 0 Å². The number of carbonyl (C=O) groups excluding carboxylic acids is 2. The molecule has 0 radical (unpaired) electrons. The maximum absolute atomic E-state index is 12.1. The second-order valence-corrected chi connectivity index (χ2v) is 6.26. The minimum atomic E-state index is -0.206. The van der Waals surface area contributed by atoms with Crippen LogP contribution < -0.4 is 0 Å². The zero-order valence-corrected chi connectivity index (χ0v) is 11.8. The molecule has 1 amide bonds. The molecule has 0 aromatic carbocycles. The fourth-order valence-electron chi connectivity index (χ4n) is 1.85. The van der Waals surface area contributed by atoms with E-state index in [2.05, 4.69) is 4.74 Å². The van der Waals surface area contributed by atoms with Crippen LogP contribution in [0.15, 0.2) is 17.5 Å². The van der Waals surface area contributed by atoms with Crippen molar-refractivity contribution < 1.29 is 14.3 Å². The number of amides is 1. The van der Waals surface area contributed by atoms with Gasteiger partial charge >= 0.3 is 5.97 Å². The molecule has 1 aromatic rings. The Morgan fingerprint density at radius 1 is 1.61 bits per heavy atom. The highest BCUT2D eigenvalue weighted by molar-refractivity contribution is 8.00. The highest BCUT2D eigenvalue weighted by atomic mass is 32.2. The second kappa shape index (κ2) is 6.24. The van der Waals surface area contributed by atoms with Gasteiger partial charge in [0.25, 0.3) is 5.91 Å². The third-order valence-corrected chi connectivity index (χ3v) is 4.95. The molecule has 0 spiro atoms. The van der Waals surface area contributed by atoms with Gasteiger partial charge in [0, 0.05) is 18.3 Å².